The summed E-state index contributed by atoms with van der Waals surface area (Å²) < 4.78 is 32.4. The number of fused-ring (bicyclic) bond motifs is 1. The summed E-state index contributed by atoms with van der Waals surface area (Å²) in [5, 5.41) is 4.21. The molecule has 0 amide bonds. The Balaban J connectivity index is 1.68. The fraction of sp³-hybridized carbons (Fsp3) is 0.381. The lowest BCUT2D eigenvalue weighted by Crippen LogP contribution is -2.38. The summed E-state index contributed by atoms with van der Waals surface area (Å²) in [5.74, 6) is 0.735. The normalized spacial score (nSPS) is 16.7. The molecule has 4 rings (SSSR count). The first-order chi connectivity index (χ1) is 13.1. The molecule has 27 heavy (non-hydrogen) atoms. The van der Waals surface area contributed by atoms with Crippen molar-refractivity contribution in [2.24, 2.45) is 5.41 Å². The van der Waals surface area contributed by atoms with Crippen LogP contribution in [-0.2, 0) is 0 Å². The molecule has 3 heterocycles. The number of pyridine rings is 1. The molecule has 0 atom stereocenters. The number of rotatable bonds is 5. The molecule has 4 nitrogen and oxygen atoms in total. The predicted molar refractivity (Wildman–Crippen MR) is 102 cm³/mol. The molecule has 6 heteroatoms. The molecule has 2 N–H and O–H groups in total. The summed E-state index contributed by atoms with van der Waals surface area (Å²) in [6, 6.07) is 8.30. The number of nitrogens with one attached hydrogen (secondary N) is 2. The zero-order chi connectivity index (χ0) is 18.9. The van der Waals surface area contributed by atoms with Gasteiger partial charge in [-0.05, 0) is 43.6 Å². The maximum atomic E-state index is 13.1. The minimum absolute atomic E-state index is 0.00965. The van der Waals surface area contributed by atoms with Crippen LogP contribution in [0.3, 0.4) is 0 Å². The first kappa shape index (κ1) is 17.9. The monoisotopic (exact) mass is 371 g/mol. The highest BCUT2D eigenvalue weighted by Gasteiger charge is 2.28. The second-order valence-corrected chi connectivity index (χ2v) is 7.51. The van der Waals surface area contributed by atoms with Crippen molar-refractivity contribution in [2.75, 3.05) is 19.7 Å². The average molecular weight is 371 g/mol. The van der Waals surface area contributed by atoms with Crippen LogP contribution in [0.1, 0.15) is 31.8 Å². The number of nitrogens with zero attached hydrogens (tertiary/aromatic N) is 1. The van der Waals surface area contributed by atoms with Crippen molar-refractivity contribution in [1.82, 2.24) is 15.3 Å². The van der Waals surface area contributed by atoms with Gasteiger partial charge in [-0.15, -0.1) is 0 Å². The number of H-pyrrole nitrogens is 1. The minimum atomic E-state index is -2.50. The Morgan fingerprint density at radius 2 is 2.04 bits per heavy atom. The van der Waals surface area contributed by atoms with Crippen molar-refractivity contribution in [3.63, 3.8) is 0 Å². The third-order valence-electron chi connectivity index (χ3n) is 5.37. The van der Waals surface area contributed by atoms with Gasteiger partial charge in [-0.3, -0.25) is 0 Å². The first-order valence-corrected chi connectivity index (χ1v) is 9.24. The van der Waals surface area contributed by atoms with E-state index in [9.17, 15) is 8.78 Å². The Morgan fingerprint density at radius 1 is 1.22 bits per heavy atom. The number of piperidine rings is 1. The lowest BCUT2D eigenvalue weighted by molar-refractivity contribution is 0.124. The highest BCUT2D eigenvalue weighted by molar-refractivity contribution is 5.98. The molecule has 0 spiro atoms. The van der Waals surface area contributed by atoms with Crippen molar-refractivity contribution < 1.29 is 13.5 Å². The van der Waals surface area contributed by atoms with E-state index in [-0.39, 0.29) is 11.0 Å². The number of aromatic amines is 1. The molecule has 1 fully saturated rings. The molecule has 142 valence electrons. The summed E-state index contributed by atoms with van der Waals surface area (Å²) in [7, 11) is 0. The van der Waals surface area contributed by atoms with E-state index in [1.54, 1.807) is 18.5 Å². The van der Waals surface area contributed by atoms with Crippen LogP contribution >= 0.6 is 0 Å². The first-order valence-electron chi connectivity index (χ1n) is 9.24. The maximum absolute atomic E-state index is 13.1. The molecule has 1 aliphatic rings. The quantitative estimate of drug-likeness (QED) is 0.668. The van der Waals surface area contributed by atoms with Gasteiger partial charge in [0.25, 0.3) is 6.43 Å². The van der Waals surface area contributed by atoms with Gasteiger partial charge in [-0.1, -0.05) is 25.1 Å². The Kier molecular flexibility index (Phi) is 4.83. The number of benzene rings is 1. The van der Waals surface area contributed by atoms with Crippen LogP contribution in [0.5, 0.6) is 5.75 Å². The van der Waals surface area contributed by atoms with Crippen molar-refractivity contribution >= 4 is 11.0 Å². The van der Waals surface area contributed by atoms with Gasteiger partial charge in [0, 0.05) is 28.9 Å². The predicted octanol–water partition coefficient (Wildman–Crippen LogP) is 4.94. The van der Waals surface area contributed by atoms with E-state index in [4.69, 9.17) is 4.74 Å². The van der Waals surface area contributed by atoms with Crippen LogP contribution in [0.15, 0.2) is 42.7 Å². The summed E-state index contributed by atoms with van der Waals surface area (Å²) >= 11 is 0. The molecule has 0 saturated carbocycles. The Bertz CT molecular complexity index is 932. The number of halogens is 2. The second-order valence-electron chi connectivity index (χ2n) is 7.51. The molecule has 3 aromatic rings. The topological polar surface area (TPSA) is 49.9 Å². The molecule has 0 bridgehead atoms. The Morgan fingerprint density at radius 3 is 2.81 bits per heavy atom. The number of alkyl halides is 2. The Labute approximate surface area is 157 Å². The molecule has 1 aromatic carbocycles. The van der Waals surface area contributed by atoms with Gasteiger partial charge >= 0.3 is 0 Å². The largest absolute Gasteiger partial charge is 0.492 e. The highest BCUT2D eigenvalue weighted by atomic mass is 19.3. The average Bonchev–Trinajstić information content (AvgIpc) is 3.12. The van der Waals surface area contributed by atoms with Crippen molar-refractivity contribution in [1.29, 1.82) is 0 Å². The summed E-state index contributed by atoms with van der Waals surface area (Å²) in [4.78, 5) is 7.50. The summed E-state index contributed by atoms with van der Waals surface area (Å²) in [6.07, 6.45) is 3.15. The number of hydrogen-bond donors (Lipinski definition) is 2. The van der Waals surface area contributed by atoms with E-state index in [0.717, 1.165) is 48.2 Å². The highest BCUT2D eigenvalue weighted by Crippen LogP contribution is 2.37. The van der Waals surface area contributed by atoms with Gasteiger partial charge in [-0.2, -0.15) is 0 Å². The molecule has 2 aromatic heterocycles. The Hall–Kier alpha value is -2.47. The van der Waals surface area contributed by atoms with E-state index in [0.29, 0.717) is 12.3 Å². The fourth-order valence-corrected chi connectivity index (χ4v) is 3.64. The van der Waals surface area contributed by atoms with E-state index >= 15 is 0 Å². The van der Waals surface area contributed by atoms with E-state index in [2.05, 4.69) is 22.2 Å². The van der Waals surface area contributed by atoms with Gasteiger partial charge in [-0.25, -0.2) is 13.8 Å². The minimum Gasteiger partial charge on any atom is -0.492 e. The van der Waals surface area contributed by atoms with Crippen LogP contribution in [0.4, 0.5) is 8.78 Å². The smallest absolute Gasteiger partial charge is 0.263 e. The van der Waals surface area contributed by atoms with Crippen LogP contribution < -0.4 is 10.1 Å². The molecule has 1 saturated heterocycles. The second kappa shape index (κ2) is 7.27. The van der Waals surface area contributed by atoms with Gasteiger partial charge in [0.05, 0.1) is 12.0 Å². The zero-order valence-electron chi connectivity index (χ0n) is 15.3. The third-order valence-corrected chi connectivity index (χ3v) is 5.37. The lowest BCUT2D eigenvalue weighted by Gasteiger charge is -2.33. The molecule has 0 aliphatic carbocycles. The third kappa shape index (κ3) is 3.67. The summed E-state index contributed by atoms with van der Waals surface area (Å²) in [6.45, 7) is 4.87. The van der Waals surface area contributed by atoms with Crippen LogP contribution in [-0.4, -0.2) is 29.7 Å². The van der Waals surface area contributed by atoms with Crippen molar-refractivity contribution in [3.8, 4) is 16.9 Å². The van der Waals surface area contributed by atoms with Crippen LogP contribution in [0.25, 0.3) is 22.2 Å². The molecule has 1 aliphatic heterocycles. The van der Waals surface area contributed by atoms with Crippen molar-refractivity contribution in [2.45, 2.75) is 26.2 Å². The molecular formula is C21H23F2N3O. The zero-order valence-corrected chi connectivity index (χ0v) is 15.3. The number of ether oxygens (including phenoxy) is 1. The number of aromatic nitrogens is 2. The van der Waals surface area contributed by atoms with Gasteiger partial charge in [0.1, 0.15) is 11.4 Å². The number of hydrogen-bond acceptors (Lipinski definition) is 3. The fourth-order valence-electron chi connectivity index (χ4n) is 3.64. The molecule has 0 unspecified atom stereocenters. The summed E-state index contributed by atoms with van der Waals surface area (Å²) in [5.41, 5.74) is 2.39. The van der Waals surface area contributed by atoms with Gasteiger partial charge in [0.2, 0.25) is 0 Å². The standard InChI is InChI=1S/C21H23F2N3O/c1-21(6-9-24-10-7-21)13-27-17-5-8-25-20-18(17)16(12-26-20)14-3-2-4-15(11-14)19(22)23/h2-5,8,11-12,19,24H,6-7,9-10,13H2,1H3,(H,25,26). The van der Waals surface area contributed by atoms with E-state index < -0.39 is 6.43 Å². The molecule has 0 radical (unpaired) electrons. The van der Waals surface area contributed by atoms with Crippen LogP contribution in [0, 0.1) is 5.41 Å². The van der Waals surface area contributed by atoms with Gasteiger partial charge in [0.15, 0.2) is 0 Å². The lowest BCUT2D eigenvalue weighted by atomic mass is 9.82. The van der Waals surface area contributed by atoms with Crippen LogP contribution in [0.2, 0.25) is 0 Å². The van der Waals surface area contributed by atoms with E-state index in [1.165, 1.54) is 12.1 Å². The molecular weight excluding hydrogens is 348 g/mol. The van der Waals surface area contributed by atoms with Gasteiger partial charge < -0.3 is 15.0 Å². The SMILES string of the molecule is CC1(COc2ccnc3[nH]cc(-c4cccc(C(F)F)c4)c23)CCNCC1. The van der Waals surface area contributed by atoms with E-state index in [1.807, 2.05) is 12.1 Å². The maximum Gasteiger partial charge on any atom is 0.263 e. The van der Waals surface area contributed by atoms with Crippen molar-refractivity contribution in [3.05, 3.63) is 48.3 Å².